The summed E-state index contributed by atoms with van der Waals surface area (Å²) < 4.78 is 27.0. The highest BCUT2D eigenvalue weighted by atomic mass is 32.2. The van der Waals surface area contributed by atoms with Crippen molar-refractivity contribution in [2.24, 2.45) is 0 Å². The number of hydrogen-bond donors (Lipinski definition) is 1. The second kappa shape index (κ2) is 11.1. The summed E-state index contributed by atoms with van der Waals surface area (Å²) in [4.78, 5) is 12.6. The van der Waals surface area contributed by atoms with Gasteiger partial charge in [-0.15, -0.1) is 10.2 Å². The minimum Gasteiger partial charge on any atom is -0.493 e. The largest absolute Gasteiger partial charge is 0.493 e. The van der Waals surface area contributed by atoms with Crippen molar-refractivity contribution in [1.29, 1.82) is 0 Å². The van der Waals surface area contributed by atoms with E-state index in [0.29, 0.717) is 28.2 Å². The van der Waals surface area contributed by atoms with E-state index in [0.717, 1.165) is 11.3 Å². The first-order chi connectivity index (χ1) is 17.0. The molecule has 0 aliphatic rings. The van der Waals surface area contributed by atoms with E-state index in [1.807, 2.05) is 73.0 Å². The molecule has 0 fully saturated rings. The number of carbonyl (C=O) groups is 1. The Morgan fingerprint density at radius 3 is 2.51 bits per heavy atom. The number of hydrogen-bond acceptors (Lipinski definition) is 6. The third kappa shape index (κ3) is 5.81. The molecule has 9 heteroatoms. The van der Waals surface area contributed by atoms with Crippen molar-refractivity contribution in [3.63, 3.8) is 0 Å². The minimum absolute atomic E-state index is 0.0721. The Hall–Kier alpha value is -3.85. The SMILES string of the molecule is COc1ccccc1OC(C)c1nnc(SCC(=O)Nc2cc(F)ccc2C)n1-c1ccccc1. The predicted octanol–water partition coefficient (Wildman–Crippen LogP) is 5.59. The maximum Gasteiger partial charge on any atom is 0.234 e. The molecule has 0 saturated heterocycles. The molecular weight excluding hydrogens is 467 g/mol. The fraction of sp³-hybridized carbons (Fsp3) is 0.192. The zero-order chi connectivity index (χ0) is 24.8. The van der Waals surface area contributed by atoms with E-state index in [1.165, 1.54) is 23.9 Å². The van der Waals surface area contributed by atoms with E-state index < -0.39 is 11.9 Å². The van der Waals surface area contributed by atoms with Crippen LogP contribution in [0.15, 0.2) is 78.0 Å². The molecule has 4 rings (SSSR count). The van der Waals surface area contributed by atoms with Gasteiger partial charge in [-0.1, -0.05) is 48.2 Å². The van der Waals surface area contributed by atoms with Gasteiger partial charge in [-0.2, -0.15) is 0 Å². The van der Waals surface area contributed by atoms with E-state index in [1.54, 1.807) is 13.2 Å². The van der Waals surface area contributed by atoms with Crippen LogP contribution in [-0.4, -0.2) is 33.5 Å². The van der Waals surface area contributed by atoms with Crippen LogP contribution in [0.25, 0.3) is 5.69 Å². The molecule has 0 spiro atoms. The summed E-state index contributed by atoms with van der Waals surface area (Å²) in [5, 5.41) is 12.0. The highest BCUT2D eigenvalue weighted by Crippen LogP contribution is 2.32. The second-order valence-electron chi connectivity index (χ2n) is 7.72. The molecule has 1 aromatic heterocycles. The number of methoxy groups -OCH3 is 1. The molecule has 0 saturated carbocycles. The number of ether oxygens (including phenoxy) is 2. The van der Waals surface area contributed by atoms with Crippen molar-refractivity contribution >= 4 is 23.4 Å². The second-order valence-corrected chi connectivity index (χ2v) is 8.66. The highest BCUT2D eigenvalue weighted by molar-refractivity contribution is 7.99. The van der Waals surface area contributed by atoms with E-state index in [-0.39, 0.29) is 11.7 Å². The number of carbonyl (C=O) groups excluding carboxylic acids is 1. The first-order valence-electron chi connectivity index (χ1n) is 11.0. The molecule has 1 amide bonds. The molecule has 1 atom stereocenters. The molecular formula is C26H25FN4O3S. The van der Waals surface area contributed by atoms with Crippen LogP contribution < -0.4 is 14.8 Å². The van der Waals surface area contributed by atoms with Crippen LogP contribution in [0, 0.1) is 12.7 Å². The molecule has 180 valence electrons. The number of halogens is 1. The van der Waals surface area contributed by atoms with Gasteiger partial charge in [0.25, 0.3) is 0 Å². The van der Waals surface area contributed by atoms with E-state index in [9.17, 15) is 9.18 Å². The fourth-order valence-corrected chi connectivity index (χ4v) is 4.22. The third-order valence-corrected chi connectivity index (χ3v) is 6.14. The summed E-state index contributed by atoms with van der Waals surface area (Å²) in [7, 11) is 1.59. The van der Waals surface area contributed by atoms with Crippen LogP contribution in [0.3, 0.4) is 0 Å². The van der Waals surface area contributed by atoms with Gasteiger partial charge in [0.2, 0.25) is 5.91 Å². The van der Waals surface area contributed by atoms with Crippen LogP contribution in [0.2, 0.25) is 0 Å². The summed E-state index contributed by atoms with van der Waals surface area (Å²) in [6.45, 7) is 3.69. The normalized spacial score (nSPS) is 11.7. The quantitative estimate of drug-likeness (QED) is 0.307. The van der Waals surface area contributed by atoms with Gasteiger partial charge in [-0.25, -0.2) is 4.39 Å². The van der Waals surface area contributed by atoms with Gasteiger partial charge in [0, 0.05) is 11.4 Å². The lowest BCUT2D eigenvalue weighted by Gasteiger charge is -2.18. The van der Waals surface area contributed by atoms with Crippen LogP contribution in [-0.2, 0) is 4.79 Å². The number of nitrogens with one attached hydrogen (secondary N) is 1. The number of aromatic nitrogens is 3. The number of benzene rings is 3. The molecule has 1 heterocycles. The molecule has 0 radical (unpaired) electrons. The number of para-hydroxylation sites is 3. The maximum absolute atomic E-state index is 13.6. The Morgan fingerprint density at radius 1 is 1.06 bits per heavy atom. The monoisotopic (exact) mass is 492 g/mol. The Bertz CT molecular complexity index is 1310. The van der Waals surface area contributed by atoms with Gasteiger partial charge in [-0.05, 0) is 55.8 Å². The van der Waals surface area contributed by atoms with E-state index in [4.69, 9.17) is 9.47 Å². The number of anilines is 1. The lowest BCUT2D eigenvalue weighted by molar-refractivity contribution is -0.113. The van der Waals surface area contributed by atoms with Crippen LogP contribution in [0.5, 0.6) is 11.5 Å². The Balaban J connectivity index is 1.56. The molecule has 4 aromatic rings. The smallest absolute Gasteiger partial charge is 0.234 e. The molecule has 3 aromatic carbocycles. The van der Waals surface area contributed by atoms with Crippen LogP contribution in [0.4, 0.5) is 10.1 Å². The fourth-order valence-electron chi connectivity index (χ4n) is 3.46. The van der Waals surface area contributed by atoms with E-state index >= 15 is 0 Å². The third-order valence-electron chi connectivity index (χ3n) is 5.22. The Morgan fingerprint density at radius 2 is 1.77 bits per heavy atom. The average Bonchev–Trinajstić information content (AvgIpc) is 3.30. The predicted molar refractivity (Wildman–Crippen MR) is 134 cm³/mol. The zero-order valence-electron chi connectivity index (χ0n) is 19.6. The van der Waals surface area contributed by atoms with Crippen molar-refractivity contribution in [3.8, 4) is 17.2 Å². The highest BCUT2D eigenvalue weighted by Gasteiger charge is 2.22. The Kier molecular flexibility index (Phi) is 7.67. The Labute approximate surface area is 207 Å². The summed E-state index contributed by atoms with van der Waals surface area (Å²) in [5.41, 5.74) is 2.06. The first kappa shape index (κ1) is 24.3. The molecule has 0 aliphatic heterocycles. The number of nitrogens with zero attached hydrogens (tertiary/aromatic N) is 3. The van der Waals surface area contributed by atoms with Crippen molar-refractivity contribution in [2.45, 2.75) is 25.1 Å². The van der Waals surface area contributed by atoms with Gasteiger partial charge in [0.15, 0.2) is 28.6 Å². The molecule has 1 unspecified atom stereocenters. The van der Waals surface area contributed by atoms with Gasteiger partial charge in [0.1, 0.15) is 5.82 Å². The van der Waals surface area contributed by atoms with Crippen molar-refractivity contribution in [2.75, 3.05) is 18.2 Å². The molecule has 0 bridgehead atoms. The number of rotatable bonds is 9. The molecule has 0 aliphatic carbocycles. The summed E-state index contributed by atoms with van der Waals surface area (Å²) in [6.07, 6.45) is -0.461. The standard InChI is InChI=1S/C26H25FN4O3S/c1-17-13-14-19(27)15-21(17)28-24(32)16-35-26-30-29-25(31(26)20-9-5-4-6-10-20)18(2)34-23-12-8-7-11-22(23)33-3/h4-15,18H,16H2,1-3H3,(H,28,32). The number of thioether (sulfide) groups is 1. The van der Waals surface area contributed by atoms with Crippen molar-refractivity contribution in [3.05, 3.63) is 90.0 Å². The maximum atomic E-state index is 13.6. The molecule has 1 N–H and O–H groups in total. The summed E-state index contributed by atoms with van der Waals surface area (Å²) in [6, 6.07) is 21.3. The molecule has 35 heavy (non-hydrogen) atoms. The van der Waals surface area contributed by atoms with Gasteiger partial charge in [0.05, 0.1) is 12.9 Å². The number of amides is 1. The topological polar surface area (TPSA) is 78.3 Å². The lowest BCUT2D eigenvalue weighted by atomic mass is 10.2. The first-order valence-corrected chi connectivity index (χ1v) is 11.9. The van der Waals surface area contributed by atoms with E-state index in [2.05, 4.69) is 15.5 Å². The molecule has 7 nitrogen and oxygen atoms in total. The van der Waals surface area contributed by atoms with Gasteiger partial charge in [-0.3, -0.25) is 9.36 Å². The van der Waals surface area contributed by atoms with Crippen molar-refractivity contribution < 1.29 is 18.7 Å². The zero-order valence-corrected chi connectivity index (χ0v) is 20.4. The minimum atomic E-state index is -0.461. The van der Waals surface area contributed by atoms with Gasteiger partial charge >= 0.3 is 0 Å². The number of aryl methyl sites for hydroxylation is 1. The summed E-state index contributed by atoms with van der Waals surface area (Å²) >= 11 is 1.23. The van der Waals surface area contributed by atoms with Gasteiger partial charge < -0.3 is 14.8 Å². The lowest BCUT2D eigenvalue weighted by Crippen LogP contribution is -2.16. The van der Waals surface area contributed by atoms with Crippen LogP contribution >= 0.6 is 11.8 Å². The van der Waals surface area contributed by atoms with Crippen molar-refractivity contribution in [1.82, 2.24) is 14.8 Å². The summed E-state index contributed by atoms with van der Waals surface area (Å²) in [5.74, 6) is 1.17. The average molecular weight is 493 g/mol. The van der Waals surface area contributed by atoms with Crippen LogP contribution in [0.1, 0.15) is 24.4 Å².